The Bertz CT molecular complexity index is 1910. The van der Waals surface area contributed by atoms with E-state index in [2.05, 4.69) is 31.2 Å². The molecule has 2 amide bonds. The second-order valence-corrected chi connectivity index (χ2v) is 12.2. The average Bonchev–Trinajstić information content (AvgIpc) is 3.30. The molecule has 242 valence electrons. The lowest BCUT2D eigenvalue weighted by Crippen LogP contribution is -2.51. The number of carbonyl (C=O) groups is 2. The molecule has 16 heteroatoms. The molecule has 0 aliphatic carbocycles. The van der Waals surface area contributed by atoms with E-state index >= 15 is 4.39 Å². The summed E-state index contributed by atoms with van der Waals surface area (Å²) in [5.74, 6) is -4.26. The van der Waals surface area contributed by atoms with Crippen LogP contribution in [0, 0.1) is 11.6 Å². The zero-order valence-electron chi connectivity index (χ0n) is 23.9. The fourth-order valence-corrected chi connectivity index (χ4v) is 5.70. The van der Waals surface area contributed by atoms with Crippen LogP contribution in [0.1, 0.15) is 35.0 Å². The number of primary amides is 1. The summed E-state index contributed by atoms with van der Waals surface area (Å²) in [4.78, 5) is 33.3. The highest BCUT2D eigenvalue weighted by atomic mass is 79.9. The van der Waals surface area contributed by atoms with Crippen LogP contribution in [0.25, 0.3) is 22.2 Å². The summed E-state index contributed by atoms with van der Waals surface area (Å²) in [7, 11) is 1.33. The number of nitrogens with zero attached hydrogens (tertiary/aromatic N) is 2. The van der Waals surface area contributed by atoms with Gasteiger partial charge in [-0.25, -0.2) is 13.8 Å². The van der Waals surface area contributed by atoms with E-state index in [0.29, 0.717) is 21.4 Å². The number of benzene rings is 2. The minimum absolute atomic E-state index is 0.0579. The van der Waals surface area contributed by atoms with Gasteiger partial charge >= 0.3 is 6.18 Å². The number of aromatic nitrogens is 2. The van der Waals surface area contributed by atoms with Crippen LogP contribution in [0.2, 0.25) is 5.02 Å². The van der Waals surface area contributed by atoms with E-state index in [0.717, 1.165) is 12.1 Å². The van der Waals surface area contributed by atoms with Gasteiger partial charge in [0.15, 0.2) is 0 Å². The fraction of sp³-hybridized carbons (Fsp3) is 0.267. The predicted octanol–water partition coefficient (Wildman–Crippen LogP) is 5.70. The number of pyridine rings is 2. The highest BCUT2D eigenvalue weighted by Gasteiger charge is 2.57. The topological polar surface area (TPSA) is 137 Å². The van der Waals surface area contributed by atoms with Crippen molar-refractivity contribution in [1.82, 2.24) is 15.3 Å². The molecule has 4 N–H and O–H groups in total. The van der Waals surface area contributed by atoms with Crippen LogP contribution < -0.4 is 20.5 Å². The highest BCUT2D eigenvalue weighted by molar-refractivity contribution is 9.10. The SMILES string of the molecule is COc1cc(C(=O)NC[C@](O)(c2cc3c(c(-c4cc(Cl)c(F)cc4F)n2)OC[C@]3(C)CC(N)=O)C(F)(F)F)cc2cc(Br)cnc12. The van der Waals surface area contributed by atoms with E-state index in [1.165, 1.54) is 32.4 Å². The van der Waals surface area contributed by atoms with Crippen molar-refractivity contribution in [2.24, 2.45) is 5.73 Å². The number of rotatable bonds is 8. The summed E-state index contributed by atoms with van der Waals surface area (Å²) in [5, 5.41) is 13.3. The molecule has 2 atom stereocenters. The summed E-state index contributed by atoms with van der Waals surface area (Å²) in [6.45, 7) is -0.243. The molecule has 0 saturated heterocycles. The number of halogens is 7. The van der Waals surface area contributed by atoms with Crippen molar-refractivity contribution in [3.63, 3.8) is 0 Å². The Hall–Kier alpha value is -4.08. The number of methoxy groups -OCH3 is 1. The number of amides is 2. The molecule has 5 rings (SSSR count). The van der Waals surface area contributed by atoms with Gasteiger partial charge in [0.25, 0.3) is 5.91 Å². The number of ether oxygens (including phenoxy) is 2. The summed E-state index contributed by atoms with van der Waals surface area (Å²) >= 11 is 9.13. The van der Waals surface area contributed by atoms with Crippen LogP contribution in [-0.2, 0) is 15.8 Å². The van der Waals surface area contributed by atoms with E-state index in [4.69, 9.17) is 26.8 Å². The minimum atomic E-state index is -5.47. The van der Waals surface area contributed by atoms with Crippen molar-refractivity contribution in [2.45, 2.75) is 30.5 Å². The van der Waals surface area contributed by atoms with Gasteiger partial charge in [-0.3, -0.25) is 14.6 Å². The van der Waals surface area contributed by atoms with Gasteiger partial charge in [0.05, 0.1) is 31.0 Å². The average molecular weight is 730 g/mol. The second kappa shape index (κ2) is 11.9. The van der Waals surface area contributed by atoms with E-state index in [9.17, 15) is 32.3 Å². The van der Waals surface area contributed by atoms with Crippen molar-refractivity contribution >= 4 is 50.2 Å². The lowest BCUT2D eigenvalue weighted by molar-refractivity contribution is -0.265. The van der Waals surface area contributed by atoms with E-state index in [1.54, 1.807) is 6.07 Å². The quantitative estimate of drug-likeness (QED) is 0.156. The first kappa shape index (κ1) is 33.3. The summed E-state index contributed by atoms with van der Waals surface area (Å²) in [6.07, 6.45) is -4.37. The molecule has 0 unspecified atom stereocenters. The molecule has 3 heterocycles. The Morgan fingerprint density at radius 3 is 2.54 bits per heavy atom. The van der Waals surface area contributed by atoms with Crippen LogP contribution in [0.15, 0.2) is 47.1 Å². The first-order chi connectivity index (χ1) is 21.5. The van der Waals surface area contributed by atoms with Gasteiger partial charge < -0.3 is 25.6 Å². The van der Waals surface area contributed by atoms with Crippen LogP contribution >= 0.6 is 27.5 Å². The maximum Gasteiger partial charge on any atom is 0.424 e. The third kappa shape index (κ3) is 5.94. The number of hydrogen-bond acceptors (Lipinski definition) is 7. The minimum Gasteiger partial charge on any atom is -0.494 e. The normalized spacial score (nSPS) is 17.3. The van der Waals surface area contributed by atoms with Gasteiger partial charge in [-0.2, -0.15) is 13.2 Å². The number of nitrogens with two attached hydrogens (primary N) is 1. The Balaban J connectivity index is 1.63. The molecule has 2 aromatic carbocycles. The Labute approximate surface area is 271 Å². The Morgan fingerprint density at radius 2 is 1.89 bits per heavy atom. The number of aliphatic hydroxyl groups is 1. The summed E-state index contributed by atoms with van der Waals surface area (Å²) < 4.78 is 84.9. The maximum absolute atomic E-state index is 15.1. The van der Waals surface area contributed by atoms with E-state index < -0.39 is 75.6 Å². The molecule has 0 bridgehead atoms. The number of nitrogens with one attached hydrogen (secondary N) is 1. The molecule has 9 nitrogen and oxygen atoms in total. The summed E-state index contributed by atoms with van der Waals surface area (Å²) in [5.41, 5.74) is -1.73. The first-order valence-corrected chi connectivity index (χ1v) is 14.5. The molecule has 0 saturated carbocycles. The first-order valence-electron chi connectivity index (χ1n) is 13.3. The van der Waals surface area contributed by atoms with Crippen LogP contribution in [0.4, 0.5) is 22.0 Å². The zero-order chi connectivity index (χ0) is 33.8. The molecule has 1 aliphatic heterocycles. The third-order valence-electron chi connectivity index (χ3n) is 7.58. The van der Waals surface area contributed by atoms with Crippen molar-refractivity contribution in [3.05, 3.63) is 80.5 Å². The largest absolute Gasteiger partial charge is 0.494 e. The third-order valence-corrected chi connectivity index (χ3v) is 8.31. The number of carbonyl (C=O) groups excluding carboxylic acids is 2. The van der Waals surface area contributed by atoms with Crippen molar-refractivity contribution in [2.75, 3.05) is 20.3 Å². The molecular weight excluding hydrogens is 707 g/mol. The van der Waals surface area contributed by atoms with Gasteiger partial charge in [0.2, 0.25) is 11.5 Å². The molecule has 1 aliphatic rings. The van der Waals surface area contributed by atoms with Crippen molar-refractivity contribution < 1.29 is 46.1 Å². The lowest BCUT2D eigenvalue weighted by atomic mass is 9.79. The molecule has 46 heavy (non-hydrogen) atoms. The van der Waals surface area contributed by atoms with Crippen LogP contribution in [0.5, 0.6) is 11.5 Å². The van der Waals surface area contributed by atoms with Gasteiger partial charge in [0.1, 0.15) is 34.3 Å². The number of fused-ring (bicyclic) bond motifs is 2. The zero-order valence-corrected chi connectivity index (χ0v) is 26.2. The molecule has 0 radical (unpaired) electrons. The number of hydrogen-bond donors (Lipinski definition) is 3. The smallest absolute Gasteiger partial charge is 0.424 e. The van der Waals surface area contributed by atoms with Crippen LogP contribution in [0.3, 0.4) is 0 Å². The van der Waals surface area contributed by atoms with Crippen molar-refractivity contribution in [3.8, 4) is 22.8 Å². The van der Waals surface area contributed by atoms with Gasteiger partial charge in [-0.1, -0.05) is 18.5 Å². The lowest BCUT2D eigenvalue weighted by Gasteiger charge is -2.31. The molecule has 0 spiro atoms. The van der Waals surface area contributed by atoms with E-state index in [1.807, 2.05) is 0 Å². The monoisotopic (exact) mass is 728 g/mol. The predicted molar refractivity (Wildman–Crippen MR) is 160 cm³/mol. The van der Waals surface area contributed by atoms with Crippen molar-refractivity contribution in [1.29, 1.82) is 0 Å². The molecular formula is C30H23BrClF5N4O5. The Kier molecular flexibility index (Phi) is 8.64. The molecule has 2 aromatic heterocycles. The molecule has 4 aromatic rings. The highest BCUT2D eigenvalue weighted by Crippen LogP contribution is 2.49. The standard InChI is InChI=1S/C30H23BrClF5N4O5/c1-28(9-23(38)42)12-46-26-17(28)7-22(41-25(26)16-6-18(32)20(34)8-19(16)33)29(44,30(35,36)37)11-40-27(43)14-3-13-4-15(31)10-39-24(13)21(5-14)45-2/h3-8,10,44H,9,11-12H2,1-2H3,(H2,38,42)(H,40,43)/t28-,29-/m0/s1. The Morgan fingerprint density at radius 1 is 1.17 bits per heavy atom. The maximum atomic E-state index is 15.1. The van der Waals surface area contributed by atoms with Gasteiger partial charge in [-0.05, 0) is 46.3 Å². The second-order valence-electron chi connectivity index (χ2n) is 10.9. The van der Waals surface area contributed by atoms with Crippen LogP contribution in [-0.4, -0.2) is 53.3 Å². The number of alkyl halides is 3. The molecule has 0 fully saturated rings. The van der Waals surface area contributed by atoms with E-state index in [-0.39, 0.29) is 29.2 Å². The summed E-state index contributed by atoms with van der Waals surface area (Å²) in [6, 6.07) is 6.34. The van der Waals surface area contributed by atoms with Gasteiger partial charge in [-0.15, -0.1) is 0 Å². The van der Waals surface area contributed by atoms with Gasteiger partial charge in [0, 0.05) is 50.6 Å². The fourth-order valence-electron chi connectivity index (χ4n) is 5.19.